The molecular formula is C13H18N4O3. The second kappa shape index (κ2) is 5.36. The van der Waals surface area contributed by atoms with E-state index in [1.807, 2.05) is 0 Å². The number of imidazole rings is 1. The van der Waals surface area contributed by atoms with E-state index in [-0.39, 0.29) is 11.4 Å². The lowest BCUT2D eigenvalue weighted by molar-refractivity contribution is -0.383. The van der Waals surface area contributed by atoms with E-state index in [9.17, 15) is 14.9 Å². The molecule has 108 valence electrons. The summed E-state index contributed by atoms with van der Waals surface area (Å²) in [6.45, 7) is 2.73. The number of benzene rings is 1. The molecule has 0 bridgehead atoms. The van der Waals surface area contributed by atoms with Crippen LogP contribution in [0.5, 0.6) is 0 Å². The fourth-order valence-corrected chi connectivity index (χ4v) is 2.23. The highest BCUT2D eigenvalue weighted by Crippen LogP contribution is 2.29. The lowest BCUT2D eigenvalue weighted by Crippen LogP contribution is -2.19. The van der Waals surface area contributed by atoms with Gasteiger partial charge in [-0.05, 0) is 12.5 Å². The Morgan fingerprint density at radius 1 is 1.25 bits per heavy atom. The summed E-state index contributed by atoms with van der Waals surface area (Å²) in [5, 5.41) is 14.2. The lowest BCUT2D eigenvalue weighted by atomic mass is 10.2. The predicted octanol–water partition coefficient (Wildman–Crippen LogP) is 2.00. The molecule has 0 saturated carbocycles. The largest absolute Gasteiger partial charge is 0.379 e. The summed E-state index contributed by atoms with van der Waals surface area (Å²) >= 11 is 0. The van der Waals surface area contributed by atoms with Gasteiger partial charge in [0.15, 0.2) is 0 Å². The van der Waals surface area contributed by atoms with Gasteiger partial charge in [-0.15, -0.1) is 0 Å². The van der Waals surface area contributed by atoms with Gasteiger partial charge in [0.05, 0.1) is 16.0 Å². The average molecular weight is 278 g/mol. The van der Waals surface area contributed by atoms with Crippen molar-refractivity contribution in [2.45, 2.75) is 19.8 Å². The fraction of sp³-hybridized carbons (Fsp3) is 0.462. The molecule has 0 radical (unpaired) electrons. The minimum absolute atomic E-state index is 0.00481. The molecule has 7 nitrogen and oxygen atoms in total. The van der Waals surface area contributed by atoms with E-state index in [1.165, 1.54) is 15.2 Å². The summed E-state index contributed by atoms with van der Waals surface area (Å²) in [5.74, 6) is 0. The van der Waals surface area contributed by atoms with E-state index in [0.717, 1.165) is 12.8 Å². The van der Waals surface area contributed by atoms with Crippen LogP contribution in [-0.4, -0.2) is 20.6 Å². The highest BCUT2D eigenvalue weighted by molar-refractivity contribution is 5.85. The Balaban J connectivity index is 2.60. The summed E-state index contributed by atoms with van der Waals surface area (Å²) in [6.07, 6.45) is 1.94. The number of anilines is 1. The van der Waals surface area contributed by atoms with Crippen LogP contribution in [0.2, 0.25) is 0 Å². The molecule has 20 heavy (non-hydrogen) atoms. The van der Waals surface area contributed by atoms with Gasteiger partial charge in [0, 0.05) is 26.7 Å². The molecule has 0 amide bonds. The number of nitro benzene ring substituents is 1. The van der Waals surface area contributed by atoms with E-state index < -0.39 is 4.92 Å². The van der Waals surface area contributed by atoms with Gasteiger partial charge in [0.2, 0.25) is 0 Å². The first-order valence-corrected chi connectivity index (χ1v) is 6.55. The molecule has 0 aliphatic carbocycles. The van der Waals surface area contributed by atoms with Crippen molar-refractivity contribution < 1.29 is 4.92 Å². The van der Waals surface area contributed by atoms with Crippen LogP contribution in [0.15, 0.2) is 16.9 Å². The van der Waals surface area contributed by atoms with Gasteiger partial charge in [-0.2, -0.15) is 0 Å². The first-order valence-electron chi connectivity index (χ1n) is 6.55. The topological polar surface area (TPSA) is 82.1 Å². The highest BCUT2D eigenvalue weighted by Gasteiger charge is 2.19. The van der Waals surface area contributed by atoms with Crippen molar-refractivity contribution >= 4 is 22.4 Å². The van der Waals surface area contributed by atoms with Gasteiger partial charge in [-0.3, -0.25) is 19.2 Å². The number of aryl methyl sites for hydroxylation is 2. The van der Waals surface area contributed by atoms with Gasteiger partial charge in [-0.1, -0.05) is 13.3 Å². The molecule has 1 aromatic carbocycles. The smallest absolute Gasteiger partial charge is 0.328 e. The van der Waals surface area contributed by atoms with Crippen molar-refractivity contribution in [3.63, 3.8) is 0 Å². The second-order valence-corrected chi connectivity index (χ2v) is 4.80. The van der Waals surface area contributed by atoms with Gasteiger partial charge >= 0.3 is 5.69 Å². The Morgan fingerprint density at radius 3 is 2.40 bits per heavy atom. The van der Waals surface area contributed by atoms with E-state index >= 15 is 0 Å². The Kier molecular flexibility index (Phi) is 3.78. The van der Waals surface area contributed by atoms with Gasteiger partial charge in [0.25, 0.3) is 5.69 Å². The Labute approximate surface area is 116 Å². The minimum atomic E-state index is -0.425. The van der Waals surface area contributed by atoms with Crippen molar-refractivity contribution in [3.8, 4) is 0 Å². The van der Waals surface area contributed by atoms with Crippen LogP contribution in [0.4, 0.5) is 11.4 Å². The molecule has 0 saturated heterocycles. The summed E-state index contributed by atoms with van der Waals surface area (Å²) in [7, 11) is 3.27. The van der Waals surface area contributed by atoms with Crippen LogP contribution in [0.3, 0.4) is 0 Å². The molecule has 1 aromatic heterocycles. The summed E-state index contributed by atoms with van der Waals surface area (Å²) in [4.78, 5) is 22.6. The van der Waals surface area contributed by atoms with E-state index in [4.69, 9.17) is 0 Å². The maximum Gasteiger partial charge on any atom is 0.328 e. The number of nitro groups is 1. The SMILES string of the molecule is CCCCNc1cc2c(cc1[N+](=O)[O-])n(C)c(=O)n2C. The van der Waals surface area contributed by atoms with Crippen molar-refractivity contribution in [1.82, 2.24) is 9.13 Å². The third-order valence-electron chi connectivity index (χ3n) is 3.43. The number of unbranched alkanes of at least 4 members (excludes halogenated alkanes) is 1. The van der Waals surface area contributed by atoms with Crippen LogP contribution in [0, 0.1) is 10.1 Å². The summed E-state index contributed by atoms with van der Waals surface area (Å²) in [5.41, 5.74) is 1.50. The zero-order valence-corrected chi connectivity index (χ0v) is 11.8. The summed E-state index contributed by atoms with van der Waals surface area (Å²) < 4.78 is 2.90. The van der Waals surface area contributed by atoms with Crippen LogP contribution >= 0.6 is 0 Å². The maximum absolute atomic E-state index is 11.9. The minimum Gasteiger partial charge on any atom is -0.379 e. The molecule has 1 N–H and O–H groups in total. The quantitative estimate of drug-likeness (QED) is 0.515. The molecule has 1 heterocycles. The molecule has 0 aliphatic heterocycles. The molecular weight excluding hydrogens is 260 g/mol. The lowest BCUT2D eigenvalue weighted by Gasteiger charge is -2.07. The number of rotatable bonds is 5. The number of nitrogens with one attached hydrogen (secondary N) is 1. The Hall–Kier alpha value is -2.31. The zero-order valence-electron chi connectivity index (χ0n) is 11.8. The zero-order chi connectivity index (χ0) is 14.9. The van der Waals surface area contributed by atoms with Gasteiger partial charge in [-0.25, -0.2) is 4.79 Å². The first-order chi connectivity index (χ1) is 9.47. The molecule has 2 rings (SSSR count). The predicted molar refractivity (Wildman–Crippen MR) is 78.2 cm³/mol. The molecule has 0 aliphatic rings. The molecule has 0 atom stereocenters. The third kappa shape index (κ3) is 2.26. The van der Waals surface area contributed by atoms with Crippen molar-refractivity contribution in [3.05, 3.63) is 32.7 Å². The van der Waals surface area contributed by atoms with E-state index in [2.05, 4.69) is 12.2 Å². The standard InChI is InChI=1S/C13H18N4O3/c1-4-5-6-14-9-7-11-12(8-10(9)17(19)20)16(3)13(18)15(11)2/h7-8,14H,4-6H2,1-3H3. The van der Waals surface area contributed by atoms with Crippen LogP contribution in [-0.2, 0) is 14.1 Å². The number of fused-ring (bicyclic) bond motifs is 1. The fourth-order valence-electron chi connectivity index (χ4n) is 2.23. The van der Waals surface area contributed by atoms with E-state index in [1.54, 1.807) is 20.2 Å². The normalized spacial score (nSPS) is 10.9. The van der Waals surface area contributed by atoms with Gasteiger partial charge < -0.3 is 5.32 Å². The first kappa shape index (κ1) is 14.1. The van der Waals surface area contributed by atoms with Crippen LogP contribution in [0.25, 0.3) is 11.0 Å². The molecule has 7 heteroatoms. The monoisotopic (exact) mass is 278 g/mol. The van der Waals surface area contributed by atoms with Crippen LogP contribution in [0.1, 0.15) is 19.8 Å². The molecule has 2 aromatic rings. The molecule has 0 spiro atoms. The Morgan fingerprint density at radius 2 is 1.85 bits per heavy atom. The Bertz CT molecular complexity index is 714. The summed E-state index contributed by atoms with van der Waals surface area (Å²) in [6, 6.07) is 3.12. The number of nitrogens with zero attached hydrogens (tertiary/aromatic N) is 3. The number of hydrogen-bond donors (Lipinski definition) is 1. The van der Waals surface area contributed by atoms with Gasteiger partial charge in [0.1, 0.15) is 5.69 Å². The van der Waals surface area contributed by atoms with Crippen molar-refractivity contribution in [2.24, 2.45) is 14.1 Å². The maximum atomic E-state index is 11.9. The van der Waals surface area contributed by atoms with E-state index in [0.29, 0.717) is 23.3 Å². The number of hydrogen-bond acceptors (Lipinski definition) is 4. The second-order valence-electron chi connectivity index (χ2n) is 4.80. The number of aromatic nitrogens is 2. The molecule has 0 unspecified atom stereocenters. The third-order valence-corrected chi connectivity index (χ3v) is 3.43. The van der Waals surface area contributed by atoms with Crippen molar-refractivity contribution in [1.29, 1.82) is 0 Å². The average Bonchev–Trinajstić information content (AvgIpc) is 2.63. The van der Waals surface area contributed by atoms with Crippen molar-refractivity contribution in [2.75, 3.05) is 11.9 Å². The van der Waals surface area contributed by atoms with Crippen LogP contribution < -0.4 is 11.0 Å². The molecule has 0 fully saturated rings. The highest BCUT2D eigenvalue weighted by atomic mass is 16.6.